The van der Waals surface area contributed by atoms with Gasteiger partial charge in [-0.1, -0.05) is 18.2 Å². The normalized spacial score (nSPS) is 15.0. The van der Waals surface area contributed by atoms with E-state index in [1.807, 2.05) is 51.1 Å². The molecule has 6 heteroatoms. The van der Waals surface area contributed by atoms with Gasteiger partial charge in [-0.15, -0.1) is 0 Å². The summed E-state index contributed by atoms with van der Waals surface area (Å²) < 4.78 is 6.18. The minimum absolute atomic E-state index is 0.204. The van der Waals surface area contributed by atoms with Crippen LogP contribution in [0.1, 0.15) is 27.2 Å². The Morgan fingerprint density at radius 1 is 1.26 bits per heavy atom. The summed E-state index contributed by atoms with van der Waals surface area (Å²) in [5, 5.41) is 2.85. The SMILES string of the molecule is CC(C)(C)OC(=O)N1CCC=C(C(=O)Nc2ccccc2Br)C1. The highest BCUT2D eigenvalue weighted by Crippen LogP contribution is 2.23. The van der Waals surface area contributed by atoms with E-state index >= 15 is 0 Å². The summed E-state index contributed by atoms with van der Waals surface area (Å²) in [5.41, 5.74) is 0.723. The first-order valence-corrected chi connectivity index (χ1v) is 8.28. The Labute approximate surface area is 144 Å². The lowest BCUT2D eigenvalue weighted by Crippen LogP contribution is -2.41. The van der Waals surface area contributed by atoms with Gasteiger partial charge >= 0.3 is 6.09 Å². The highest BCUT2D eigenvalue weighted by molar-refractivity contribution is 9.10. The molecule has 0 atom stereocenters. The fourth-order valence-corrected chi connectivity index (χ4v) is 2.54. The first kappa shape index (κ1) is 17.5. The smallest absolute Gasteiger partial charge is 0.410 e. The van der Waals surface area contributed by atoms with Crippen molar-refractivity contribution in [3.05, 3.63) is 40.4 Å². The third kappa shape index (κ3) is 5.10. The number of benzene rings is 1. The van der Waals surface area contributed by atoms with Crippen molar-refractivity contribution in [1.29, 1.82) is 0 Å². The molecular formula is C17H21BrN2O3. The van der Waals surface area contributed by atoms with Gasteiger partial charge in [0, 0.05) is 16.6 Å². The predicted molar refractivity (Wildman–Crippen MR) is 93.3 cm³/mol. The average molecular weight is 381 g/mol. The van der Waals surface area contributed by atoms with Gasteiger partial charge in [-0.3, -0.25) is 4.79 Å². The molecule has 1 aromatic rings. The second kappa shape index (κ2) is 7.17. The number of rotatable bonds is 2. The van der Waals surface area contributed by atoms with Crippen molar-refractivity contribution in [1.82, 2.24) is 4.90 Å². The Balaban J connectivity index is 2.01. The number of nitrogens with zero attached hydrogens (tertiary/aromatic N) is 1. The van der Waals surface area contributed by atoms with E-state index in [1.165, 1.54) is 0 Å². The van der Waals surface area contributed by atoms with Crippen molar-refractivity contribution in [2.45, 2.75) is 32.8 Å². The van der Waals surface area contributed by atoms with E-state index in [9.17, 15) is 9.59 Å². The molecule has 0 saturated heterocycles. The maximum absolute atomic E-state index is 12.4. The van der Waals surface area contributed by atoms with Gasteiger partial charge in [0.2, 0.25) is 0 Å². The molecule has 0 spiro atoms. The zero-order chi connectivity index (χ0) is 17.0. The quantitative estimate of drug-likeness (QED) is 0.844. The van der Waals surface area contributed by atoms with Crippen molar-refractivity contribution in [3.8, 4) is 0 Å². The van der Waals surface area contributed by atoms with Crippen LogP contribution in [0.15, 0.2) is 40.4 Å². The van der Waals surface area contributed by atoms with Crippen LogP contribution >= 0.6 is 15.9 Å². The Hall–Kier alpha value is -1.82. The maximum Gasteiger partial charge on any atom is 0.410 e. The monoisotopic (exact) mass is 380 g/mol. The molecule has 23 heavy (non-hydrogen) atoms. The Bertz CT molecular complexity index is 635. The molecule has 124 valence electrons. The van der Waals surface area contributed by atoms with Gasteiger partial charge < -0.3 is 15.0 Å². The lowest BCUT2D eigenvalue weighted by Gasteiger charge is -2.30. The van der Waals surface area contributed by atoms with Crippen molar-refractivity contribution in [2.24, 2.45) is 0 Å². The van der Waals surface area contributed by atoms with Crippen LogP contribution in [0.4, 0.5) is 10.5 Å². The van der Waals surface area contributed by atoms with Crippen LogP contribution in [0.5, 0.6) is 0 Å². The minimum atomic E-state index is -0.546. The summed E-state index contributed by atoms with van der Waals surface area (Å²) >= 11 is 3.40. The van der Waals surface area contributed by atoms with E-state index in [2.05, 4.69) is 21.2 Å². The first-order valence-electron chi connectivity index (χ1n) is 7.49. The van der Waals surface area contributed by atoms with Gasteiger partial charge in [0.1, 0.15) is 5.60 Å². The molecule has 2 rings (SSSR count). The molecule has 1 aliphatic heterocycles. The molecule has 0 radical (unpaired) electrons. The largest absolute Gasteiger partial charge is 0.444 e. The minimum Gasteiger partial charge on any atom is -0.444 e. The van der Waals surface area contributed by atoms with Crippen molar-refractivity contribution in [3.63, 3.8) is 0 Å². The molecule has 0 aliphatic carbocycles. The number of hydrogen-bond acceptors (Lipinski definition) is 3. The Morgan fingerprint density at radius 3 is 2.61 bits per heavy atom. The Kier molecular flexibility index (Phi) is 5.46. The highest BCUT2D eigenvalue weighted by Gasteiger charge is 2.26. The molecule has 0 unspecified atom stereocenters. The van der Waals surface area contributed by atoms with Crippen LogP contribution in [0.25, 0.3) is 0 Å². The van der Waals surface area contributed by atoms with Crippen LogP contribution in [0.3, 0.4) is 0 Å². The summed E-state index contributed by atoms with van der Waals surface area (Å²) in [6, 6.07) is 7.40. The van der Waals surface area contributed by atoms with E-state index in [0.717, 1.165) is 4.47 Å². The number of carbonyl (C=O) groups excluding carboxylic acids is 2. The summed E-state index contributed by atoms with van der Waals surface area (Å²) in [6.45, 7) is 6.29. The molecule has 0 fully saturated rings. The number of nitrogens with one attached hydrogen (secondary N) is 1. The Morgan fingerprint density at radius 2 is 1.96 bits per heavy atom. The molecule has 0 bridgehead atoms. The molecule has 1 heterocycles. The van der Waals surface area contributed by atoms with Gasteiger partial charge in [0.25, 0.3) is 5.91 Å². The summed E-state index contributed by atoms with van der Waals surface area (Å²) in [4.78, 5) is 26.1. The van der Waals surface area contributed by atoms with E-state index < -0.39 is 11.7 Å². The summed E-state index contributed by atoms with van der Waals surface area (Å²) in [7, 11) is 0. The van der Waals surface area contributed by atoms with Gasteiger partial charge in [-0.2, -0.15) is 0 Å². The van der Waals surface area contributed by atoms with E-state index in [1.54, 1.807) is 4.90 Å². The molecule has 2 amide bonds. The van der Waals surface area contributed by atoms with Crippen molar-refractivity contribution in [2.75, 3.05) is 18.4 Å². The number of ether oxygens (including phenoxy) is 1. The number of anilines is 1. The third-order valence-electron chi connectivity index (χ3n) is 3.22. The number of para-hydroxylation sites is 1. The van der Waals surface area contributed by atoms with Gasteiger partial charge in [-0.05, 0) is 55.3 Å². The molecule has 0 aromatic heterocycles. The van der Waals surface area contributed by atoms with E-state index in [4.69, 9.17) is 4.74 Å². The number of hydrogen-bond donors (Lipinski definition) is 1. The number of halogens is 1. The molecule has 1 aromatic carbocycles. The van der Waals surface area contributed by atoms with Crippen LogP contribution < -0.4 is 5.32 Å². The lowest BCUT2D eigenvalue weighted by atomic mass is 10.1. The second-order valence-electron chi connectivity index (χ2n) is 6.35. The fraction of sp³-hybridized carbons (Fsp3) is 0.412. The summed E-state index contributed by atoms with van der Waals surface area (Å²) in [6.07, 6.45) is 2.11. The van der Waals surface area contributed by atoms with E-state index in [0.29, 0.717) is 24.2 Å². The maximum atomic E-state index is 12.4. The molecule has 0 saturated carbocycles. The number of amides is 2. The molecule has 1 aliphatic rings. The predicted octanol–water partition coefficient (Wildman–Crippen LogP) is 3.95. The van der Waals surface area contributed by atoms with Gasteiger partial charge in [0.15, 0.2) is 0 Å². The van der Waals surface area contributed by atoms with Crippen molar-refractivity contribution < 1.29 is 14.3 Å². The first-order chi connectivity index (χ1) is 10.8. The van der Waals surface area contributed by atoms with Crippen LogP contribution in [-0.2, 0) is 9.53 Å². The van der Waals surface area contributed by atoms with E-state index in [-0.39, 0.29) is 12.5 Å². The third-order valence-corrected chi connectivity index (χ3v) is 3.91. The molecular weight excluding hydrogens is 360 g/mol. The van der Waals surface area contributed by atoms with Gasteiger partial charge in [-0.25, -0.2) is 4.79 Å². The zero-order valence-corrected chi connectivity index (χ0v) is 15.1. The molecule has 5 nitrogen and oxygen atoms in total. The lowest BCUT2D eigenvalue weighted by molar-refractivity contribution is -0.113. The summed E-state index contributed by atoms with van der Waals surface area (Å²) in [5.74, 6) is -0.204. The standard InChI is InChI=1S/C17H21BrN2O3/c1-17(2,3)23-16(22)20-10-6-7-12(11-20)15(21)19-14-9-5-4-8-13(14)18/h4-5,7-9H,6,10-11H2,1-3H3,(H,19,21). The fourth-order valence-electron chi connectivity index (χ4n) is 2.16. The topological polar surface area (TPSA) is 58.6 Å². The zero-order valence-electron chi connectivity index (χ0n) is 13.6. The molecule has 1 N–H and O–H groups in total. The van der Waals surface area contributed by atoms with Crippen LogP contribution in [0, 0.1) is 0 Å². The number of carbonyl (C=O) groups is 2. The second-order valence-corrected chi connectivity index (χ2v) is 7.21. The van der Waals surface area contributed by atoms with Crippen molar-refractivity contribution >= 4 is 33.6 Å². The average Bonchev–Trinajstić information content (AvgIpc) is 2.48. The van der Waals surface area contributed by atoms with Gasteiger partial charge in [0.05, 0.1) is 12.2 Å². The highest BCUT2D eigenvalue weighted by atomic mass is 79.9. The van der Waals surface area contributed by atoms with Crippen LogP contribution in [-0.4, -0.2) is 35.6 Å². The van der Waals surface area contributed by atoms with Crippen LogP contribution in [0.2, 0.25) is 0 Å².